The minimum atomic E-state index is -0.0803. The van der Waals surface area contributed by atoms with Crippen LogP contribution in [0.15, 0.2) is 11.6 Å². The van der Waals surface area contributed by atoms with Crippen LogP contribution in [0.5, 0.6) is 0 Å². The van der Waals surface area contributed by atoms with E-state index in [0.29, 0.717) is 16.4 Å². The lowest BCUT2D eigenvalue weighted by Gasteiger charge is -2.59. The lowest BCUT2D eigenvalue weighted by molar-refractivity contribution is -0.0614. The van der Waals surface area contributed by atoms with Crippen LogP contribution >= 0.6 is 0 Å². The van der Waals surface area contributed by atoms with Crippen molar-refractivity contribution in [2.24, 2.45) is 52.3 Å². The molecule has 168 valence electrons. The highest BCUT2D eigenvalue weighted by molar-refractivity contribution is 5.26. The van der Waals surface area contributed by atoms with Gasteiger partial charge in [-0.25, -0.2) is 0 Å². The molecule has 2 N–H and O–H groups in total. The Bertz CT molecular complexity index is 735. The molecular formula is C28H45NO. The highest BCUT2D eigenvalue weighted by Crippen LogP contribution is 2.72. The highest BCUT2D eigenvalue weighted by Gasteiger charge is 2.66. The number of aliphatic hydroxyl groups is 1. The van der Waals surface area contributed by atoms with E-state index >= 15 is 0 Å². The van der Waals surface area contributed by atoms with Crippen LogP contribution in [-0.4, -0.2) is 23.3 Å². The second-order valence-electron chi connectivity index (χ2n) is 13.4. The zero-order valence-corrected chi connectivity index (χ0v) is 19.9. The molecule has 5 fully saturated rings. The Kier molecular flexibility index (Phi) is 4.46. The van der Waals surface area contributed by atoms with Gasteiger partial charge in [0.1, 0.15) is 0 Å². The Morgan fingerprint density at radius 3 is 2.63 bits per heavy atom. The lowest BCUT2D eigenvalue weighted by atomic mass is 9.46. The number of allylic oxidation sites excluding steroid dienone is 1. The van der Waals surface area contributed by atoms with Crippen molar-refractivity contribution in [1.82, 2.24) is 5.32 Å². The molecule has 6 rings (SSSR count). The molecular weight excluding hydrogens is 366 g/mol. The van der Waals surface area contributed by atoms with Gasteiger partial charge >= 0.3 is 0 Å². The van der Waals surface area contributed by atoms with Gasteiger partial charge in [0.2, 0.25) is 0 Å². The molecule has 5 aliphatic carbocycles. The Balaban J connectivity index is 1.28. The maximum atomic E-state index is 10.3. The van der Waals surface area contributed by atoms with Crippen LogP contribution in [-0.2, 0) is 0 Å². The smallest absolute Gasteiger partial charge is 0.0577 e. The van der Waals surface area contributed by atoms with Crippen LogP contribution in [0.3, 0.4) is 0 Å². The van der Waals surface area contributed by atoms with Crippen molar-refractivity contribution in [2.45, 2.75) is 104 Å². The lowest BCUT2D eigenvalue weighted by Crippen LogP contribution is -2.56. The molecule has 0 unspecified atom stereocenters. The molecule has 1 saturated heterocycles. The summed E-state index contributed by atoms with van der Waals surface area (Å²) in [5.41, 5.74) is 3.03. The second-order valence-corrected chi connectivity index (χ2v) is 13.4. The third kappa shape index (κ3) is 2.56. The molecule has 2 nitrogen and oxygen atoms in total. The SMILES string of the molecule is C[C@H]1CC[C@]2(C[C@H]3C[C@H]4[C@@H]5CC=C6C[C@@H](O)CC[C@]6(C)[C@H]5CC[C@]4(C)[C@H]3[C@@H]2C)NC1. The van der Waals surface area contributed by atoms with Crippen molar-refractivity contribution in [3.63, 3.8) is 0 Å². The number of hydrogen-bond donors (Lipinski definition) is 2. The minimum Gasteiger partial charge on any atom is -0.393 e. The molecule has 0 aromatic rings. The van der Waals surface area contributed by atoms with E-state index in [0.717, 1.165) is 54.3 Å². The summed E-state index contributed by atoms with van der Waals surface area (Å²) in [5, 5.41) is 14.4. The molecule has 11 atom stereocenters. The number of rotatable bonds is 0. The summed E-state index contributed by atoms with van der Waals surface area (Å²) < 4.78 is 0. The van der Waals surface area contributed by atoms with Gasteiger partial charge in [-0.15, -0.1) is 0 Å². The normalized spacial score (nSPS) is 59.8. The average molecular weight is 412 g/mol. The number of nitrogens with one attached hydrogen (secondary N) is 1. The highest BCUT2D eigenvalue weighted by atomic mass is 16.3. The van der Waals surface area contributed by atoms with Crippen molar-refractivity contribution in [3.05, 3.63) is 11.6 Å². The predicted octanol–water partition coefficient (Wildman–Crippen LogP) is 5.95. The molecule has 1 aliphatic heterocycles. The minimum absolute atomic E-state index is 0.0803. The van der Waals surface area contributed by atoms with E-state index in [1.54, 1.807) is 5.57 Å². The first kappa shape index (κ1) is 20.3. The molecule has 0 aromatic carbocycles. The summed E-state index contributed by atoms with van der Waals surface area (Å²) in [5.74, 6) is 6.32. The Labute approximate surface area is 184 Å². The van der Waals surface area contributed by atoms with Crippen LogP contribution in [0.1, 0.15) is 91.9 Å². The third-order valence-corrected chi connectivity index (χ3v) is 12.3. The van der Waals surface area contributed by atoms with Gasteiger partial charge in [0.15, 0.2) is 0 Å². The van der Waals surface area contributed by atoms with Gasteiger partial charge < -0.3 is 10.4 Å². The Morgan fingerprint density at radius 2 is 1.87 bits per heavy atom. The van der Waals surface area contributed by atoms with E-state index < -0.39 is 0 Å². The molecule has 0 radical (unpaired) electrons. The summed E-state index contributed by atoms with van der Waals surface area (Å²) >= 11 is 0. The van der Waals surface area contributed by atoms with Gasteiger partial charge in [-0.1, -0.05) is 39.3 Å². The second kappa shape index (κ2) is 6.60. The van der Waals surface area contributed by atoms with Gasteiger partial charge in [0, 0.05) is 5.54 Å². The fourth-order valence-corrected chi connectivity index (χ4v) is 10.7. The molecule has 0 amide bonds. The van der Waals surface area contributed by atoms with E-state index in [9.17, 15) is 5.11 Å². The maximum absolute atomic E-state index is 10.3. The molecule has 1 spiro atoms. The molecule has 0 bridgehead atoms. The van der Waals surface area contributed by atoms with E-state index in [2.05, 4.69) is 39.1 Å². The molecule has 6 aliphatic rings. The first-order chi connectivity index (χ1) is 14.3. The van der Waals surface area contributed by atoms with Crippen LogP contribution in [0.25, 0.3) is 0 Å². The van der Waals surface area contributed by atoms with Crippen LogP contribution in [0.2, 0.25) is 0 Å². The Morgan fingerprint density at radius 1 is 1.03 bits per heavy atom. The number of aliphatic hydroxyl groups excluding tert-OH is 1. The molecule has 0 aromatic heterocycles. The largest absolute Gasteiger partial charge is 0.393 e. The Hall–Kier alpha value is -0.340. The predicted molar refractivity (Wildman–Crippen MR) is 123 cm³/mol. The van der Waals surface area contributed by atoms with Crippen molar-refractivity contribution >= 4 is 0 Å². The molecule has 30 heavy (non-hydrogen) atoms. The zero-order chi connectivity index (χ0) is 20.9. The van der Waals surface area contributed by atoms with Crippen LogP contribution in [0, 0.1) is 52.3 Å². The average Bonchev–Trinajstić information content (AvgIpc) is 3.16. The first-order valence-corrected chi connectivity index (χ1v) is 13.4. The van der Waals surface area contributed by atoms with Crippen molar-refractivity contribution in [3.8, 4) is 0 Å². The topological polar surface area (TPSA) is 32.3 Å². The summed E-state index contributed by atoms with van der Waals surface area (Å²) in [7, 11) is 0. The standard InChI is InChI=1S/C28H45NO/c1-17-7-12-28(29-16-17)15-19-13-24-22-6-5-20-14-21(30)8-10-26(20,3)23(22)9-11-27(24,4)25(19)18(28)2/h5,17-19,21-25,29-30H,6-16H2,1-4H3/t17-,18-,19+,21-,22+,23-,24-,25-,26-,27-,28+/m0/s1. The van der Waals surface area contributed by atoms with Crippen molar-refractivity contribution < 1.29 is 5.11 Å². The molecule has 1 heterocycles. The number of fused-ring (bicyclic) bond motifs is 7. The van der Waals surface area contributed by atoms with Crippen molar-refractivity contribution in [2.75, 3.05) is 6.54 Å². The monoisotopic (exact) mass is 411 g/mol. The number of hydrogen-bond acceptors (Lipinski definition) is 2. The maximum Gasteiger partial charge on any atom is 0.0577 e. The fourth-order valence-electron chi connectivity index (χ4n) is 10.7. The van der Waals surface area contributed by atoms with E-state index in [1.165, 1.54) is 57.9 Å². The van der Waals surface area contributed by atoms with E-state index in [1.807, 2.05) is 0 Å². The van der Waals surface area contributed by atoms with Crippen molar-refractivity contribution in [1.29, 1.82) is 0 Å². The number of piperidine rings is 1. The third-order valence-electron chi connectivity index (χ3n) is 12.3. The quantitative estimate of drug-likeness (QED) is 0.483. The van der Waals surface area contributed by atoms with E-state index in [-0.39, 0.29) is 6.10 Å². The summed E-state index contributed by atoms with van der Waals surface area (Å²) in [6, 6.07) is 0. The molecule has 2 heteroatoms. The van der Waals surface area contributed by atoms with Gasteiger partial charge in [0.25, 0.3) is 0 Å². The zero-order valence-electron chi connectivity index (χ0n) is 19.9. The van der Waals surface area contributed by atoms with Gasteiger partial charge in [-0.05, 0) is 123 Å². The molecule has 4 saturated carbocycles. The fraction of sp³-hybridized carbons (Fsp3) is 0.929. The summed E-state index contributed by atoms with van der Waals surface area (Å²) in [6.07, 6.45) is 15.7. The summed E-state index contributed by atoms with van der Waals surface area (Å²) in [6.45, 7) is 11.6. The van der Waals surface area contributed by atoms with Gasteiger partial charge in [-0.3, -0.25) is 0 Å². The van der Waals surface area contributed by atoms with Crippen LogP contribution in [0.4, 0.5) is 0 Å². The first-order valence-electron chi connectivity index (χ1n) is 13.4. The summed E-state index contributed by atoms with van der Waals surface area (Å²) in [4.78, 5) is 0. The van der Waals surface area contributed by atoms with Crippen LogP contribution < -0.4 is 5.32 Å². The van der Waals surface area contributed by atoms with Gasteiger partial charge in [-0.2, -0.15) is 0 Å². The van der Waals surface area contributed by atoms with E-state index in [4.69, 9.17) is 0 Å². The van der Waals surface area contributed by atoms with Gasteiger partial charge in [0.05, 0.1) is 6.10 Å².